The molecule has 2 rings (SSSR count). The van der Waals surface area contributed by atoms with E-state index >= 15 is 0 Å². The number of carbonyl (C=O) groups is 1. The second-order valence-electron chi connectivity index (χ2n) is 6.05. The van der Waals surface area contributed by atoms with Gasteiger partial charge in [0.15, 0.2) is 0 Å². The predicted octanol–water partition coefficient (Wildman–Crippen LogP) is 3.28. The van der Waals surface area contributed by atoms with Crippen molar-refractivity contribution in [3.63, 3.8) is 0 Å². The number of hydrogen-bond donors (Lipinski definition) is 1. The maximum absolute atomic E-state index is 12.0. The van der Waals surface area contributed by atoms with E-state index in [9.17, 15) is 4.79 Å². The van der Waals surface area contributed by atoms with Gasteiger partial charge in [-0.15, -0.1) is 0 Å². The minimum atomic E-state index is -0.0135. The number of aryl methyl sites for hydroxylation is 2. The van der Waals surface area contributed by atoms with Gasteiger partial charge in [-0.3, -0.25) is 4.79 Å². The number of piperidine rings is 1. The van der Waals surface area contributed by atoms with E-state index in [1.807, 2.05) is 13.8 Å². The third kappa shape index (κ3) is 5.20. The first kappa shape index (κ1) is 16.1. The maximum Gasteiger partial charge on any atom is 0.254 e. The molecule has 0 unspecified atom stereocenters. The van der Waals surface area contributed by atoms with Crippen molar-refractivity contribution in [3.8, 4) is 0 Å². The van der Waals surface area contributed by atoms with E-state index in [0.717, 1.165) is 18.7 Å². The number of likely N-dealkylation sites (tertiary alicyclic amines) is 1. The van der Waals surface area contributed by atoms with Crippen LogP contribution >= 0.6 is 0 Å². The molecule has 1 aliphatic heterocycles. The zero-order valence-electron chi connectivity index (χ0n) is 13.4. The number of unbranched alkanes of at least 4 members (excludes halogenated alkanes) is 2. The quantitative estimate of drug-likeness (QED) is 0.784. The molecule has 0 aromatic carbocycles. The van der Waals surface area contributed by atoms with Crippen LogP contribution in [0.25, 0.3) is 0 Å². The number of hydrogen-bond acceptors (Lipinski definition) is 3. The topological polar surface area (TPSA) is 45.5 Å². The molecule has 4 nitrogen and oxygen atoms in total. The standard InChI is InChI=1S/C17H28N2O2/c1-14-13-16(15(2)21-14)17(20)18-9-5-3-6-10-19-11-7-4-8-12-19/h13H,3-12H2,1-2H3,(H,18,20). The minimum absolute atomic E-state index is 0.0135. The summed E-state index contributed by atoms with van der Waals surface area (Å²) in [5.74, 6) is 1.48. The number of nitrogens with zero attached hydrogens (tertiary/aromatic N) is 1. The molecule has 0 bridgehead atoms. The van der Waals surface area contributed by atoms with Crippen molar-refractivity contribution in [1.82, 2.24) is 10.2 Å². The first-order valence-corrected chi connectivity index (χ1v) is 8.24. The molecule has 1 aromatic heterocycles. The monoisotopic (exact) mass is 292 g/mol. The molecule has 1 N–H and O–H groups in total. The normalized spacial score (nSPS) is 16.1. The molecule has 21 heavy (non-hydrogen) atoms. The van der Waals surface area contributed by atoms with Crippen LogP contribution in [0.15, 0.2) is 10.5 Å². The molecule has 0 atom stereocenters. The SMILES string of the molecule is Cc1cc(C(=O)NCCCCCN2CCCCC2)c(C)o1. The van der Waals surface area contributed by atoms with Crippen LogP contribution in [0.1, 0.15) is 60.4 Å². The number of furan rings is 1. The molecule has 118 valence electrons. The maximum atomic E-state index is 12.0. The van der Waals surface area contributed by atoms with Gasteiger partial charge in [0.05, 0.1) is 5.56 Å². The third-order valence-corrected chi connectivity index (χ3v) is 4.17. The third-order valence-electron chi connectivity index (χ3n) is 4.17. The Morgan fingerprint density at radius 1 is 1.19 bits per heavy atom. The molecular formula is C17H28N2O2. The molecular weight excluding hydrogens is 264 g/mol. The lowest BCUT2D eigenvalue weighted by atomic mass is 10.1. The van der Waals surface area contributed by atoms with Crippen LogP contribution in [-0.2, 0) is 0 Å². The highest BCUT2D eigenvalue weighted by Crippen LogP contribution is 2.13. The summed E-state index contributed by atoms with van der Waals surface area (Å²) in [5.41, 5.74) is 0.667. The van der Waals surface area contributed by atoms with E-state index < -0.39 is 0 Å². The van der Waals surface area contributed by atoms with Gasteiger partial charge in [-0.2, -0.15) is 0 Å². The van der Waals surface area contributed by atoms with Crippen LogP contribution in [0.4, 0.5) is 0 Å². The fraction of sp³-hybridized carbons (Fsp3) is 0.706. The van der Waals surface area contributed by atoms with Gasteiger partial charge >= 0.3 is 0 Å². The molecule has 0 saturated carbocycles. The van der Waals surface area contributed by atoms with Crippen molar-refractivity contribution in [2.45, 2.75) is 52.4 Å². The Balaban J connectivity index is 1.55. The molecule has 1 aromatic rings. The van der Waals surface area contributed by atoms with Gasteiger partial charge < -0.3 is 14.6 Å². The van der Waals surface area contributed by atoms with Gasteiger partial charge in [-0.05, 0) is 65.2 Å². The smallest absolute Gasteiger partial charge is 0.254 e. The van der Waals surface area contributed by atoms with Gasteiger partial charge in [-0.1, -0.05) is 12.8 Å². The van der Waals surface area contributed by atoms with Crippen LogP contribution in [-0.4, -0.2) is 37.0 Å². The van der Waals surface area contributed by atoms with E-state index in [0.29, 0.717) is 11.3 Å². The Hall–Kier alpha value is -1.29. The van der Waals surface area contributed by atoms with E-state index in [4.69, 9.17) is 4.42 Å². The average molecular weight is 292 g/mol. The Morgan fingerprint density at radius 3 is 2.62 bits per heavy atom. The van der Waals surface area contributed by atoms with Crippen LogP contribution in [0, 0.1) is 13.8 Å². The summed E-state index contributed by atoms with van der Waals surface area (Å²) in [6.07, 6.45) is 7.59. The average Bonchev–Trinajstić information content (AvgIpc) is 2.82. The summed E-state index contributed by atoms with van der Waals surface area (Å²) in [6, 6.07) is 1.81. The van der Waals surface area contributed by atoms with Crippen molar-refractivity contribution >= 4 is 5.91 Å². The molecule has 0 radical (unpaired) electrons. The Labute approximate surface area is 127 Å². The summed E-state index contributed by atoms with van der Waals surface area (Å²) >= 11 is 0. The van der Waals surface area contributed by atoms with Crippen LogP contribution in [0.5, 0.6) is 0 Å². The number of rotatable bonds is 7. The second kappa shape index (κ2) is 8.23. The number of amides is 1. The number of nitrogens with one attached hydrogen (secondary N) is 1. The van der Waals surface area contributed by atoms with E-state index in [2.05, 4.69) is 10.2 Å². The Kier molecular flexibility index (Phi) is 6.30. The summed E-state index contributed by atoms with van der Waals surface area (Å²) in [5, 5.41) is 2.98. The zero-order chi connectivity index (χ0) is 15.1. The summed E-state index contributed by atoms with van der Waals surface area (Å²) in [7, 11) is 0. The largest absolute Gasteiger partial charge is 0.466 e. The molecule has 4 heteroatoms. The number of carbonyl (C=O) groups excluding carboxylic acids is 1. The first-order valence-electron chi connectivity index (χ1n) is 8.24. The Bertz CT molecular complexity index is 448. The van der Waals surface area contributed by atoms with Crippen molar-refractivity contribution in [2.75, 3.05) is 26.2 Å². The lowest BCUT2D eigenvalue weighted by Gasteiger charge is -2.26. The van der Waals surface area contributed by atoms with Crippen molar-refractivity contribution in [1.29, 1.82) is 0 Å². The van der Waals surface area contributed by atoms with Gasteiger partial charge in [-0.25, -0.2) is 0 Å². The zero-order valence-corrected chi connectivity index (χ0v) is 13.4. The summed E-state index contributed by atoms with van der Waals surface area (Å²) in [6.45, 7) is 8.22. The second-order valence-corrected chi connectivity index (χ2v) is 6.05. The van der Waals surface area contributed by atoms with Crippen LogP contribution in [0.3, 0.4) is 0 Å². The highest BCUT2D eigenvalue weighted by atomic mass is 16.3. The lowest BCUT2D eigenvalue weighted by molar-refractivity contribution is 0.0951. The van der Waals surface area contributed by atoms with E-state index in [1.165, 1.54) is 51.7 Å². The highest BCUT2D eigenvalue weighted by Gasteiger charge is 2.12. The van der Waals surface area contributed by atoms with Gasteiger partial charge in [0.2, 0.25) is 0 Å². The highest BCUT2D eigenvalue weighted by molar-refractivity contribution is 5.95. The van der Waals surface area contributed by atoms with Crippen molar-refractivity contribution < 1.29 is 9.21 Å². The minimum Gasteiger partial charge on any atom is -0.466 e. The van der Waals surface area contributed by atoms with Crippen LogP contribution < -0.4 is 5.32 Å². The summed E-state index contributed by atoms with van der Waals surface area (Å²) < 4.78 is 5.38. The molecule has 1 fully saturated rings. The summed E-state index contributed by atoms with van der Waals surface area (Å²) in [4.78, 5) is 14.5. The fourth-order valence-electron chi connectivity index (χ4n) is 2.97. The molecule has 0 spiro atoms. The predicted molar refractivity (Wildman–Crippen MR) is 84.7 cm³/mol. The molecule has 1 saturated heterocycles. The lowest BCUT2D eigenvalue weighted by Crippen LogP contribution is -2.30. The van der Waals surface area contributed by atoms with Gasteiger partial charge in [0.1, 0.15) is 11.5 Å². The first-order chi connectivity index (χ1) is 10.2. The fourth-order valence-corrected chi connectivity index (χ4v) is 2.97. The molecule has 1 amide bonds. The van der Waals surface area contributed by atoms with Gasteiger partial charge in [0.25, 0.3) is 5.91 Å². The van der Waals surface area contributed by atoms with E-state index in [-0.39, 0.29) is 5.91 Å². The molecule has 2 heterocycles. The molecule has 1 aliphatic rings. The van der Waals surface area contributed by atoms with Crippen LogP contribution in [0.2, 0.25) is 0 Å². The van der Waals surface area contributed by atoms with Crippen molar-refractivity contribution in [3.05, 3.63) is 23.2 Å². The van der Waals surface area contributed by atoms with E-state index in [1.54, 1.807) is 6.07 Å². The van der Waals surface area contributed by atoms with Crippen molar-refractivity contribution in [2.24, 2.45) is 0 Å². The Morgan fingerprint density at radius 2 is 1.95 bits per heavy atom. The van der Waals surface area contributed by atoms with Gasteiger partial charge in [0, 0.05) is 6.54 Å². The molecule has 0 aliphatic carbocycles.